The van der Waals surface area contributed by atoms with Crippen LogP contribution in [0.15, 0.2) is 0 Å². The van der Waals surface area contributed by atoms with E-state index in [4.69, 9.17) is 4.74 Å². The molecule has 4 nitrogen and oxygen atoms in total. The second-order valence-electron chi connectivity index (χ2n) is 4.35. The van der Waals surface area contributed by atoms with E-state index in [1.54, 1.807) is 13.8 Å². The molecule has 0 radical (unpaired) electrons. The minimum absolute atomic E-state index is 0.219. The summed E-state index contributed by atoms with van der Waals surface area (Å²) in [4.78, 5) is 23.3. The Morgan fingerprint density at radius 2 is 1.71 bits per heavy atom. The predicted molar refractivity (Wildman–Crippen MR) is 65.7 cm³/mol. The summed E-state index contributed by atoms with van der Waals surface area (Å²) in [6.45, 7) is 7.67. The van der Waals surface area contributed by atoms with Crippen molar-refractivity contribution < 1.29 is 19.4 Å². The van der Waals surface area contributed by atoms with Crippen molar-refractivity contribution >= 4 is 11.9 Å². The first kappa shape index (κ1) is 15.9. The van der Waals surface area contributed by atoms with E-state index in [0.717, 1.165) is 12.8 Å². The van der Waals surface area contributed by atoms with E-state index in [1.807, 2.05) is 13.8 Å². The van der Waals surface area contributed by atoms with Crippen molar-refractivity contribution in [2.75, 3.05) is 6.61 Å². The Morgan fingerprint density at radius 3 is 2.00 bits per heavy atom. The number of hydrogen-bond acceptors (Lipinski definition) is 3. The summed E-state index contributed by atoms with van der Waals surface area (Å²) in [6, 6.07) is 0. The second kappa shape index (κ2) is 7.30. The Kier molecular flexibility index (Phi) is 6.85. The van der Waals surface area contributed by atoms with Crippen molar-refractivity contribution in [3.05, 3.63) is 0 Å². The highest BCUT2D eigenvalue weighted by Crippen LogP contribution is 2.34. The summed E-state index contributed by atoms with van der Waals surface area (Å²) >= 11 is 0. The SMILES string of the molecule is CCOC(=O)C(CC)(CC(CC)CC)C(=O)O. The second-order valence-corrected chi connectivity index (χ2v) is 4.35. The number of hydrogen-bond donors (Lipinski definition) is 1. The molecule has 0 rings (SSSR count). The lowest BCUT2D eigenvalue weighted by molar-refractivity contribution is -0.170. The molecule has 0 aliphatic rings. The molecular weight excluding hydrogens is 220 g/mol. The molecular formula is C13H24O4. The average Bonchev–Trinajstić information content (AvgIpc) is 2.31. The van der Waals surface area contributed by atoms with E-state index in [2.05, 4.69) is 0 Å². The number of carbonyl (C=O) groups excluding carboxylic acids is 1. The average molecular weight is 244 g/mol. The Balaban J connectivity index is 5.07. The number of esters is 1. The molecule has 17 heavy (non-hydrogen) atoms. The van der Waals surface area contributed by atoms with E-state index < -0.39 is 17.4 Å². The molecule has 0 heterocycles. The molecule has 0 bridgehead atoms. The summed E-state index contributed by atoms with van der Waals surface area (Å²) in [5.74, 6) is -1.41. The van der Waals surface area contributed by atoms with Gasteiger partial charge in [0.25, 0.3) is 0 Å². The smallest absolute Gasteiger partial charge is 0.323 e. The highest BCUT2D eigenvalue weighted by Gasteiger charge is 2.46. The quantitative estimate of drug-likeness (QED) is 0.526. The normalized spacial score (nSPS) is 14.4. The fourth-order valence-corrected chi connectivity index (χ4v) is 2.04. The molecule has 0 fully saturated rings. The Labute approximate surface area is 103 Å². The van der Waals surface area contributed by atoms with E-state index in [1.165, 1.54) is 0 Å². The van der Waals surface area contributed by atoms with Crippen molar-refractivity contribution in [3.8, 4) is 0 Å². The molecule has 0 amide bonds. The molecule has 0 aliphatic heterocycles. The van der Waals surface area contributed by atoms with Crippen LogP contribution in [-0.4, -0.2) is 23.7 Å². The molecule has 0 aromatic carbocycles. The number of aliphatic carboxylic acids is 1. The van der Waals surface area contributed by atoms with Crippen LogP contribution in [0.3, 0.4) is 0 Å². The fraction of sp³-hybridized carbons (Fsp3) is 0.846. The van der Waals surface area contributed by atoms with Gasteiger partial charge in [0.15, 0.2) is 5.41 Å². The minimum atomic E-state index is -1.37. The fourth-order valence-electron chi connectivity index (χ4n) is 2.04. The van der Waals surface area contributed by atoms with Gasteiger partial charge in [-0.05, 0) is 25.7 Å². The third-order valence-corrected chi connectivity index (χ3v) is 3.47. The van der Waals surface area contributed by atoms with E-state index in [0.29, 0.717) is 6.42 Å². The summed E-state index contributed by atoms with van der Waals surface area (Å²) in [6.07, 6.45) is 2.40. The molecule has 1 atom stereocenters. The molecule has 100 valence electrons. The molecule has 1 unspecified atom stereocenters. The van der Waals surface area contributed by atoms with Gasteiger partial charge in [0.2, 0.25) is 0 Å². The molecule has 4 heteroatoms. The molecule has 0 saturated heterocycles. The van der Waals surface area contributed by atoms with Gasteiger partial charge in [-0.15, -0.1) is 0 Å². The van der Waals surface area contributed by atoms with Crippen molar-refractivity contribution in [2.24, 2.45) is 11.3 Å². The molecule has 0 spiro atoms. The standard InChI is InChI=1S/C13H24O4/c1-5-10(6-2)9-13(7-3,11(14)15)12(16)17-8-4/h10H,5-9H2,1-4H3,(H,14,15). The first-order valence-corrected chi connectivity index (χ1v) is 6.38. The maximum atomic E-state index is 11.9. The number of carboxylic acid groups (broad SMARTS) is 1. The van der Waals surface area contributed by atoms with Gasteiger partial charge >= 0.3 is 11.9 Å². The van der Waals surface area contributed by atoms with E-state index in [9.17, 15) is 14.7 Å². The zero-order valence-corrected chi connectivity index (χ0v) is 11.3. The van der Waals surface area contributed by atoms with Crippen LogP contribution in [0.4, 0.5) is 0 Å². The largest absolute Gasteiger partial charge is 0.480 e. The molecule has 0 aromatic heterocycles. The van der Waals surface area contributed by atoms with Gasteiger partial charge in [-0.3, -0.25) is 9.59 Å². The van der Waals surface area contributed by atoms with E-state index >= 15 is 0 Å². The van der Waals surface area contributed by atoms with E-state index in [-0.39, 0.29) is 18.9 Å². The number of rotatable bonds is 8. The summed E-state index contributed by atoms with van der Waals surface area (Å²) in [5, 5.41) is 9.36. The Bertz CT molecular complexity index is 258. The van der Waals surface area contributed by atoms with Gasteiger partial charge < -0.3 is 9.84 Å². The maximum absolute atomic E-state index is 11.9. The van der Waals surface area contributed by atoms with Crippen molar-refractivity contribution in [1.82, 2.24) is 0 Å². The third-order valence-electron chi connectivity index (χ3n) is 3.47. The zero-order chi connectivity index (χ0) is 13.5. The molecule has 0 saturated carbocycles. The first-order valence-electron chi connectivity index (χ1n) is 6.38. The number of carboxylic acids is 1. The highest BCUT2D eigenvalue weighted by atomic mass is 16.5. The number of carbonyl (C=O) groups is 2. The molecule has 1 N–H and O–H groups in total. The zero-order valence-electron chi connectivity index (χ0n) is 11.3. The monoisotopic (exact) mass is 244 g/mol. The van der Waals surface area contributed by atoms with Crippen LogP contribution in [0.5, 0.6) is 0 Å². The lowest BCUT2D eigenvalue weighted by Crippen LogP contribution is -2.41. The topological polar surface area (TPSA) is 63.6 Å². The van der Waals surface area contributed by atoms with Gasteiger partial charge in [0, 0.05) is 0 Å². The summed E-state index contributed by atoms with van der Waals surface area (Å²) < 4.78 is 4.93. The van der Waals surface area contributed by atoms with Crippen LogP contribution in [0, 0.1) is 11.3 Å². The van der Waals surface area contributed by atoms with Crippen molar-refractivity contribution in [3.63, 3.8) is 0 Å². The molecule has 0 aromatic rings. The maximum Gasteiger partial charge on any atom is 0.323 e. The van der Waals surface area contributed by atoms with Crippen LogP contribution in [0.2, 0.25) is 0 Å². The Morgan fingerprint density at radius 1 is 1.18 bits per heavy atom. The van der Waals surface area contributed by atoms with Crippen LogP contribution in [0.1, 0.15) is 53.4 Å². The van der Waals surface area contributed by atoms with Crippen molar-refractivity contribution in [2.45, 2.75) is 53.4 Å². The van der Waals surface area contributed by atoms with Crippen LogP contribution < -0.4 is 0 Å². The van der Waals surface area contributed by atoms with Gasteiger partial charge in [-0.25, -0.2) is 0 Å². The van der Waals surface area contributed by atoms with Crippen LogP contribution in [-0.2, 0) is 14.3 Å². The number of ether oxygens (including phenoxy) is 1. The highest BCUT2D eigenvalue weighted by molar-refractivity contribution is 5.99. The molecule has 0 aliphatic carbocycles. The summed E-state index contributed by atoms with van der Waals surface area (Å²) in [7, 11) is 0. The minimum Gasteiger partial charge on any atom is -0.480 e. The van der Waals surface area contributed by atoms with Gasteiger partial charge in [0.1, 0.15) is 0 Å². The summed E-state index contributed by atoms with van der Waals surface area (Å²) in [5.41, 5.74) is -1.37. The first-order chi connectivity index (χ1) is 7.98. The lowest BCUT2D eigenvalue weighted by atomic mass is 9.75. The van der Waals surface area contributed by atoms with Crippen LogP contribution >= 0.6 is 0 Å². The van der Waals surface area contributed by atoms with Crippen LogP contribution in [0.25, 0.3) is 0 Å². The lowest BCUT2D eigenvalue weighted by Gasteiger charge is -2.29. The van der Waals surface area contributed by atoms with Gasteiger partial charge in [0.05, 0.1) is 6.61 Å². The third kappa shape index (κ3) is 3.72. The Hall–Kier alpha value is -1.06. The van der Waals surface area contributed by atoms with Gasteiger partial charge in [-0.1, -0.05) is 33.6 Å². The van der Waals surface area contributed by atoms with Crippen molar-refractivity contribution in [1.29, 1.82) is 0 Å². The predicted octanol–water partition coefficient (Wildman–Crippen LogP) is 2.86. The van der Waals surface area contributed by atoms with Gasteiger partial charge in [-0.2, -0.15) is 0 Å².